The quantitative estimate of drug-likeness (QED) is 0.714. The highest BCUT2D eigenvalue weighted by Crippen LogP contribution is 2.28. The maximum absolute atomic E-state index is 10.5. The molecule has 3 heteroatoms. The van der Waals surface area contributed by atoms with E-state index >= 15 is 0 Å². The number of pyridine rings is 1. The van der Waals surface area contributed by atoms with E-state index in [0.717, 1.165) is 21.9 Å². The van der Waals surface area contributed by atoms with Gasteiger partial charge in [0.05, 0.1) is 0 Å². The summed E-state index contributed by atoms with van der Waals surface area (Å²) in [5, 5.41) is 13.1. The predicted octanol–water partition coefficient (Wildman–Crippen LogP) is 3.97. The summed E-state index contributed by atoms with van der Waals surface area (Å²) in [6.45, 7) is 0. The summed E-state index contributed by atoms with van der Waals surface area (Å²) in [6, 6.07) is 17.4. The van der Waals surface area contributed by atoms with Gasteiger partial charge in [0.25, 0.3) is 0 Å². The molecule has 1 heterocycles. The molecule has 3 aromatic rings. The average molecular weight is 270 g/mol. The average Bonchev–Trinajstić information content (AvgIpc) is 2.47. The number of hydrogen-bond donors (Lipinski definition) is 1. The van der Waals surface area contributed by atoms with Gasteiger partial charge in [0.15, 0.2) is 0 Å². The Balaban J connectivity index is 2.11. The lowest BCUT2D eigenvalue weighted by atomic mass is 9.97. The lowest BCUT2D eigenvalue weighted by Crippen LogP contribution is -2.01. The molecule has 0 saturated heterocycles. The van der Waals surface area contributed by atoms with Crippen LogP contribution >= 0.6 is 11.6 Å². The van der Waals surface area contributed by atoms with Crippen molar-refractivity contribution >= 4 is 22.4 Å². The highest BCUT2D eigenvalue weighted by Gasteiger charge is 2.13. The Hall–Kier alpha value is -1.90. The van der Waals surface area contributed by atoms with Gasteiger partial charge in [0.1, 0.15) is 11.3 Å². The van der Waals surface area contributed by atoms with Gasteiger partial charge in [-0.05, 0) is 22.4 Å². The summed E-state index contributed by atoms with van der Waals surface area (Å²) < 4.78 is 0. The van der Waals surface area contributed by atoms with E-state index in [-0.39, 0.29) is 0 Å². The van der Waals surface area contributed by atoms with E-state index in [1.54, 1.807) is 18.3 Å². The fourth-order valence-electron chi connectivity index (χ4n) is 2.22. The standard InChI is InChI=1S/C16H12ClNO/c17-15-9-8-12(10-18-15)16(19)14-7-3-5-11-4-1-2-6-13(11)14/h1-10,16,19H. The van der Waals surface area contributed by atoms with Crippen molar-refractivity contribution in [1.82, 2.24) is 4.98 Å². The minimum Gasteiger partial charge on any atom is -0.384 e. The lowest BCUT2D eigenvalue weighted by molar-refractivity contribution is 0.221. The van der Waals surface area contributed by atoms with Gasteiger partial charge in [-0.25, -0.2) is 4.98 Å². The van der Waals surface area contributed by atoms with Gasteiger partial charge in [0, 0.05) is 11.8 Å². The monoisotopic (exact) mass is 269 g/mol. The molecule has 2 aromatic carbocycles. The number of aliphatic hydroxyl groups is 1. The number of halogens is 1. The second-order valence-corrected chi connectivity index (χ2v) is 4.77. The fraction of sp³-hybridized carbons (Fsp3) is 0.0625. The Bertz CT molecular complexity index is 704. The largest absolute Gasteiger partial charge is 0.384 e. The van der Waals surface area contributed by atoms with Crippen molar-refractivity contribution in [3.8, 4) is 0 Å². The third-order valence-electron chi connectivity index (χ3n) is 3.18. The Morgan fingerprint density at radius 1 is 0.947 bits per heavy atom. The molecule has 3 rings (SSSR count). The highest BCUT2D eigenvalue weighted by atomic mass is 35.5. The van der Waals surface area contributed by atoms with Gasteiger partial charge in [-0.3, -0.25) is 0 Å². The maximum Gasteiger partial charge on any atom is 0.129 e. The Morgan fingerprint density at radius 2 is 1.74 bits per heavy atom. The second-order valence-electron chi connectivity index (χ2n) is 4.39. The van der Waals surface area contributed by atoms with E-state index in [0.29, 0.717) is 5.15 Å². The smallest absolute Gasteiger partial charge is 0.129 e. The molecule has 2 nitrogen and oxygen atoms in total. The molecule has 94 valence electrons. The summed E-state index contributed by atoms with van der Waals surface area (Å²) in [4.78, 5) is 4.01. The molecule has 0 aliphatic heterocycles. The summed E-state index contributed by atoms with van der Waals surface area (Å²) >= 11 is 5.76. The molecule has 0 fully saturated rings. The van der Waals surface area contributed by atoms with Crippen molar-refractivity contribution < 1.29 is 5.11 Å². The molecule has 0 spiro atoms. The van der Waals surface area contributed by atoms with Crippen LogP contribution in [0, 0.1) is 0 Å². The van der Waals surface area contributed by atoms with Crippen molar-refractivity contribution in [2.75, 3.05) is 0 Å². The van der Waals surface area contributed by atoms with Crippen LogP contribution < -0.4 is 0 Å². The van der Waals surface area contributed by atoms with Crippen LogP contribution in [0.1, 0.15) is 17.2 Å². The number of nitrogens with zero attached hydrogens (tertiary/aromatic N) is 1. The molecule has 1 unspecified atom stereocenters. The maximum atomic E-state index is 10.5. The first-order valence-electron chi connectivity index (χ1n) is 6.03. The molecule has 1 N–H and O–H groups in total. The summed E-state index contributed by atoms with van der Waals surface area (Å²) in [6.07, 6.45) is 0.908. The minimum atomic E-state index is -0.698. The number of benzene rings is 2. The SMILES string of the molecule is OC(c1ccc(Cl)nc1)c1cccc2ccccc12. The van der Waals surface area contributed by atoms with Crippen molar-refractivity contribution in [1.29, 1.82) is 0 Å². The fourth-order valence-corrected chi connectivity index (χ4v) is 2.33. The van der Waals surface area contributed by atoms with Crippen molar-refractivity contribution in [3.05, 3.63) is 77.1 Å². The van der Waals surface area contributed by atoms with E-state index in [4.69, 9.17) is 11.6 Å². The van der Waals surface area contributed by atoms with Gasteiger partial charge in [-0.2, -0.15) is 0 Å². The van der Waals surface area contributed by atoms with Crippen LogP contribution in [0.2, 0.25) is 5.15 Å². The van der Waals surface area contributed by atoms with Gasteiger partial charge in [-0.1, -0.05) is 60.1 Å². The zero-order valence-corrected chi connectivity index (χ0v) is 10.9. The normalized spacial score (nSPS) is 12.5. The van der Waals surface area contributed by atoms with E-state index in [1.807, 2.05) is 42.5 Å². The van der Waals surface area contributed by atoms with Gasteiger partial charge in [0.2, 0.25) is 0 Å². The molecule has 0 saturated carbocycles. The number of rotatable bonds is 2. The first kappa shape index (κ1) is 12.2. The van der Waals surface area contributed by atoms with E-state index in [1.165, 1.54) is 0 Å². The lowest BCUT2D eigenvalue weighted by Gasteiger charge is -2.13. The minimum absolute atomic E-state index is 0.425. The van der Waals surface area contributed by atoms with Crippen LogP contribution in [0.3, 0.4) is 0 Å². The molecule has 0 aliphatic carbocycles. The number of hydrogen-bond acceptors (Lipinski definition) is 2. The third kappa shape index (κ3) is 2.33. The van der Waals surface area contributed by atoms with Crippen molar-refractivity contribution in [3.63, 3.8) is 0 Å². The Kier molecular flexibility index (Phi) is 3.20. The summed E-state index contributed by atoms with van der Waals surface area (Å²) in [7, 11) is 0. The first-order chi connectivity index (χ1) is 9.25. The van der Waals surface area contributed by atoms with Crippen LogP contribution in [0.25, 0.3) is 10.8 Å². The summed E-state index contributed by atoms with van der Waals surface area (Å²) in [5.41, 5.74) is 1.61. The highest BCUT2D eigenvalue weighted by molar-refractivity contribution is 6.29. The van der Waals surface area contributed by atoms with Crippen LogP contribution in [0.15, 0.2) is 60.8 Å². The molecule has 19 heavy (non-hydrogen) atoms. The molecule has 0 bridgehead atoms. The molecule has 0 aliphatic rings. The zero-order chi connectivity index (χ0) is 13.2. The zero-order valence-electron chi connectivity index (χ0n) is 10.1. The van der Waals surface area contributed by atoms with E-state index in [2.05, 4.69) is 4.98 Å². The second kappa shape index (κ2) is 5.00. The van der Waals surface area contributed by atoms with Crippen molar-refractivity contribution in [2.45, 2.75) is 6.10 Å². The van der Waals surface area contributed by atoms with Crippen LogP contribution in [-0.4, -0.2) is 10.1 Å². The van der Waals surface area contributed by atoms with Gasteiger partial charge < -0.3 is 5.11 Å². The molecular formula is C16H12ClNO. The third-order valence-corrected chi connectivity index (χ3v) is 3.41. The Morgan fingerprint density at radius 3 is 2.53 bits per heavy atom. The van der Waals surface area contributed by atoms with E-state index in [9.17, 15) is 5.11 Å². The number of fused-ring (bicyclic) bond motifs is 1. The molecule has 0 amide bonds. The Labute approximate surface area is 116 Å². The van der Waals surface area contributed by atoms with E-state index < -0.39 is 6.10 Å². The molecule has 0 radical (unpaired) electrons. The van der Waals surface area contributed by atoms with Crippen molar-refractivity contribution in [2.24, 2.45) is 0 Å². The number of aromatic nitrogens is 1. The topological polar surface area (TPSA) is 33.1 Å². The predicted molar refractivity (Wildman–Crippen MR) is 77.3 cm³/mol. The van der Waals surface area contributed by atoms with Gasteiger partial charge >= 0.3 is 0 Å². The molecule has 1 atom stereocenters. The molecular weight excluding hydrogens is 258 g/mol. The van der Waals surface area contributed by atoms with Crippen LogP contribution in [-0.2, 0) is 0 Å². The summed E-state index contributed by atoms with van der Waals surface area (Å²) in [5.74, 6) is 0. The van der Waals surface area contributed by atoms with Crippen LogP contribution in [0.4, 0.5) is 0 Å². The van der Waals surface area contributed by atoms with Gasteiger partial charge in [-0.15, -0.1) is 0 Å². The molecule has 1 aromatic heterocycles. The van der Waals surface area contributed by atoms with Crippen LogP contribution in [0.5, 0.6) is 0 Å². The first-order valence-corrected chi connectivity index (χ1v) is 6.41. The number of aliphatic hydroxyl groups excluding tert-OH is 1.